The number of nitrogens with zero attached hydrogens (tertiary/aromatic N) is 1. The van der Waals surface area contributed by atoms with Gasteiger partial charge < -0.3 is 25.3 Å². The van der Waals surface area contributed by atoms with Gasteiger partial charge in [0, 0.05) is 60.5 Å². The molecule has 8 nitrogen and oxygen atoms in total. The molecule has 2 aliphatic heterocycles. The van der Waals surface area contributed by atoms with E-state index in [0.29, 0.717) is 50.0 Å². The van der Waals surface area contributed by atoms with E-state index in [2.05, 4.69) is 39.6 Å². The van der Waals surface area contributed by atoms with Gasteiger partial charge in [0.25, 0.3) is 11.5 Å². The van der Waals surface area contributed by atoms with Gasteiger partial charge >= 0.3 is 0 Å². The third-order valence-corrected chi connectivity index (χ3v) is 10.1. The lowest BCUT2D eigenvalue weighted by atomic mass is 9.69. The van der Waals surface area contributed by atoms with Gasteiger partial charge in [0.05, 0.1) is 5.41 Å². The number of aromatic amines is 1. The van der Waals surface area contributed by atoms with Crippen molar-refractivity contribution in [1.29, 1.82) is 0 Å². The number of H-pyrrole nitrogens is 1. The van der Waals surface area contributed by atoms with E-state index in [-0.39, 0.29) is 30.0 Å². The summed E-state index contributed by atoms with van der Waals surface area (Å²) < 4.78 is 19.8. The van der Waals surface area contributed by atoms with E-state index in [1.165, 1.54) is 0 Å². The molecule has 2 amide bonds. The van der Waals surface area contributed by atoms with Gasteiger partial charge in [0.15, 0.2) is 0 Å². The SMILES string of the molecule is CCN(c1cc(-c2ccc3c(c2)C2(CCC(F)CC2)C(=O)N3)cc(C(=O)NCc2c(C)cc(C)[nH]c2=O)c1C)C1CCOCC1. The average molecular weight is 615 g/mol. The number of carbonyl (C=O) groups excluding carboxylic acids is 2. The molecule has 2 aromatic carbocycles. The number of amides is 2. The molecule has 0 radical (unpaired) electrons. The zero-order valence-corrected chi connectivity index (χ0v) is 26.6. The van der Waals surface area contributed by atoms with Crippen molar-refractivity contribution in [3.8, 4) is 11.1 Å². The monoisotopic (exact) mass is 614 g/mol. The first-order valence-electron chi connectivity index (χ1n) is 16.2. The molecule has 3 aromatic rings. The highest BCUT2D eigenvalue weighted by Crippen LogP contribution is 2.49. The van der Waals surface area contributed by atoms with E-state index in [1.807, 2.05) is 45.0 Å². The lowest BCUT2D eigenvalue weighted by Gasteiger charge is -2.37. The fourth-order valence-electron chi connectivity index (χ4n) is 7.55. The highest BCUT2D eigenvalue weighted by Gasteiger charge is 2.48. The summed E-state index contributed by atoms with van der Waals surface area (Å²) in [6.45, 7) is 10.1. The molecule has 238 valence electrons. The first-order chi connectivity index (χ1) is 21.6. The van der Waals surface area contributed by atoms with Gasteiger partial charge in [-0.1, -0.05) is 6.07 Å². The van der Waals surface area contributed by atoms with Crippen molar-refractivity contribution < 1.29 is 18.7 Å². The van der Waals surface area contributed by atoms with Crippen LogP contribution in [0.4, 0.5) is 15.8 Å². The van der Waals surface area contributed by atoms with E-state index in [0.717, 1.165) is 64.3 Å². The number of benzene rings is 2. The molecular formula is C36H43FN4O4. The van der Waals surface area contributed by atoms with Gasteiger partial charge in [0.2, 0.25) is 5.91 Å². The maximum atomic E-state index is 14.2. The molecule has 45 heavy (non-hydrogen) atoms. The minimum absolute atomic E-state index is 0.0516. The van der Waals surface area contributed by atoms with Crippen LogP contribution in [0, 0.1) is 20.8 Å². The maximum absolute atomic E-state index is 14.2. The third-order valence-electron chi connectivity index (χ3n) is 10.1. The van der Waals surface area contributed by atoms with Crippen LogP contribution in [0.15, 0.2) is 41.2 Å². The van der Waals surface area contributed by atoms with Crippen molar-refractivity contribution in [1.82, 2.24) is 10.3 Å². The smallest absolute Gasteiger partial charge is 0.253 e. The quantitative estimate of drug-likeness (QED) is 0.303. The van der Waals surface area contributed by atoms with Crippen LogP contribution in [-0.4, -0.2) is 48.8 Å². The van der Waals surface area contributed by atoms with Crippen LogP contribution < -0.4 is 21.1 Å². The zero-order valence-electron chi connectivity index (χ0n) is 26.6. The van der Waals surface area contributed by atoms with Crippen molar-refractivity contribution in [3.63, 3.8) is 0 Å². The second-order valence-corrected chi connectivity index (χ2v) is 12.9. The Morgan fingerprint density at radius 3 is 2.44 bits per heavy atom. The van der Waals surface area contributed by atoms with E-state index >= 15 is 0 Å². The van der Waals surface area contributed by atoms with Gasteiger partial charge in [0.1, 0.15) is 6.17 Å². The Bertz CT molecular complexity index is 1680. The molecule has 3 heterocycles. The summed E-state index contributed by atoms with van der Waals surface area (Å²) >= 11 is 0. The molecule has 0 atom stereocenters. The first-order valence-corrected chi connectivity index (χ1v) is 16.2. The highest BCUT2D eigenvalue weighted by molar-refractivity contribution is 6.07. The number of aromatic nitrogens is 1. The van der Waals surface area contributed by atoms with Crippen molar-refractivity contribution in [3.05, 3.63) is 80.3 Å². The molecule has 6 rings (SSSR count). The Kier molecular flexibility index (Phi) is 8.57. The normalized spacial score (nSPS) is 21.4. The van der Waals surface area contributed by atoms with Gasteiger partial charge in [-0.05, 0) is 124 Å². The number of halogens is 1. The van der Waals surface area contributed by atoms with Crippen LogP contribution in [-0.2, 0) is 21.5 Å². The molecule has 1 spiro atoms. The van der Waals surface area contributed by atoms with E-state index in [9.17, 15) is 18.8 Å². The van der Waals surface area contributed by atoms with E-state index in [1.54, 1.807) is 0 Å². The molecule has 1 aliphatic carbocycles. The Balaban J connectivity index is 1.41. The number of fused-ring (bicyclic) bond motifs is 2. The summed E-state index contributed by atoms with van der Waals surface area (Å²) in [5.74, 6) is -0.307. The Hall–Kier alpha value is -3.98. The maximum Gasteiger partial charge on any atom is 0.253 e. The molecule has 9 heteroatoms. The van der Waals surface area contributed by atoms with Crippen LogP contribution >= 0.6 is 0 Å². The minimum Gasteiger partial charge on any atom is -0.381 e. The highest BCUT2D eigenvalue weighted by atomic mass is 19.1. The number of hydrogen-bond donors (Lipinski definition) is 3. The van der Waals surface area contributed by atoms with Crippen molar-refractivity contribution in [2.24, 2.45) is 0 Å². The van der Waals surface area contributed by atoms with Gasteiger partial charge in [-0.2, -0.15) is 0 Å². The van der Waals surface area contributed by atoms with Crippen LogP contribution in [0.1, 0.15) is 83.8 Å². The second-order valence-electron chi connectivity index (χ2n) is 12.9. The number of pyridine rings is 1. The van der Waals surface area contributed by atoms with E-state index in [4.69, 9.17) is 4.74 Å². The topological polar surface area (TPSA) is 104 Å². The number of anilines is 2. The summed E-state index contributed by atoms with van der Waals surface area (Å²) in [5, 5.41) is 6.05. The summed E-state index contributed by atoms with van der Waals surface area (Å²) in [6, 6.07) is 12.2. The Morgan fingerprint density at radius 1 is 1.02 bits per heavy atom. The first kappa shape index (κ1) is 31.0. The molecule has 1 saturated carbocycles. The predicted octanol–water partition coefficient (Wildman–Crippen LogP) is 6.00. The van der Waals surface area contributed by atoms with Crippen molar-refractivity contribution >= 4 is 23.2 Å². The Morgan fingerprint density at radius 2 is 1.76 bits per heavy atom. The summed E-state index contributed by atoms with van der Waals surface area (Å²) in [7, 11) is 0. The van der Waals surface area contributed by atoms with Gasteiger partial charge in [-0.15, -0.1) is 0 Å². The Labute approximate surface area is 263 Å². The van der Waals surface area contributed by atoms with Crippen molar-refractivity contribution in [2.45, 2.75) is 90.4 Å². The number of rotatable bonds is 7. The zero-order chi connectivity index (χ0) is 31.9. The molecule has 1 saturated heterocycles. The van der Waals surface area contributed by atoms with Crippen molar-refractivity contribution in [2.75, 3.05) is 30.0 Å². The number of ether oxygens (including phenoxy) is 1. The number of aryl methyl sites for hydroxylation is 2. The number of carbonyl (C=O) groups is 2. The van der Waals surface area contributed by atoms with Crippen LogP contribution in [0.5, 0.6) is 0 Å². The predicted molar refractivity (Wildman–Crippen MR) is 175 cm³/mol. The molecule has 0 unspecified atom stereocenters. The average Bonchev–Trinajstić information content (AvgIpc) is 3.29. The summed E-state index contributed by atoms with van der Waals surface area (Å²) in [6.07, 6.45) is 2.63. The van der Waals surface area contributed by atoms with Gasteiger partial charge in [-0.25, -0.2) is 4.39 Å². The molecule has 3 aliphatic rings. The lowest BCUT2D eigenvalue weighted by molar-refractivity contribution is -0.122. The summed E-state index contributed by atoms with van der Waals surface area (Å²) in [4.78, 5) is 45.0. The van der Waals surface area contributed by atoms with E-state index < -0.39 is 11.6 Å². The molecule has 0 bridgehead atoms. The molecule has 3 N–H and O–H groups in total. The van der Waals surface area contributed by atoms with Gasteiger partial charge in [-0.3, -0.25) is 14.4 Å². The molecule has 2 fully saturated rings. The fourth-order valence-corrected chi connectivity index (χ4v) is 7.55. The molecular weight excluding hydrogens is 571 g/mol. The van der Waals surface area contributed by atoms with Crippen LogP contribution in [0.3, 0.4) is 0 Å². The van der Waals surface area contributed by atoms with Crippen LogP contribution in [0.25, 0.3) is 11.1 Å². The number of alkyl halides is 1. The molecule has 1 aromatic heterocycles. The number of nitrogens with one attached hydrogen (secondary N) is 3. The minimum atomic E-state index is -0.874. The summed E-state index contributed by atoms with van der Waals surface area (Å²) in [5.41, 5.74) is 7.07. The second kappa shape index (κ2) is 12.4. The fraction of sp³-hybridized carbons (Fsp3) is 0.472. The number of hydrogen-bond acceptors (Lipinski definition) is 5. The lowest BCUT2D eigenvalue weighted by Crippen LogP contribution is -2.40. The standard InChI is InChI=1S/C36H43FN4O4/c1-5-41(27-10-14-45-15-11-27)32-19-25(17-28(23(32)4)33(42)38-20-29-21(2)16-22(3)39-34(29)43)24-6-7-31-30(18-24)36(35(44)40-31)12-8-26(37)9-13-36/h6-7,16-19,26-27H,5,8-15,20H2,1-4H3,(H,38,42)(H,39,43)(H,40,44). The van der Waals surface area contributed by atoms with Crippen LogP contribution in [0.2, 0.25) is 0 Å². The third kappa shape index (κ3) is 5.78. The largest absolute Gasteiger partial charge is 0.381 e.